The van der Waals surface area contributed by atoms with E-state index in [0.29, 0.717) is 36.6 Å². The fourth-order valence-corrected chi connectivity index (χ4v) is 7.55. The molecule has 1 amide bonds. The molecule has 3 aliphatic rings. The molecule has 254 valence electrons. The quantitative estimate of drug-likeness (QED) is 0.269. The van der Waals surface area contributed by atoms with Crippen LogP contribution in [0, 0.1) is 0 Å². The third-order valence-electron chi connectivity index (χ3n) is 10.7. The van der Waals surface area contributed by atoms with Crippen molar-refractivity contribution in [2.45, 2.75) is 50.0 Å². The number of nitrogens with zero attached hydrogens (tertiary/aromatic N) is 9. The third-order valence-corrected chi connectivity index (χ3v) is 10.7. The summed E-state index contributed by atoms with van der Waals surface area (Å²) in [5.41, 5.74) is 8.73. The summed E-state index contributed by atoms with van der Waals surface area (Å²) in [4.78, 5) is 34.8. The first-order valence-corrected chi connectivity index (χ1v) is 17.2. The summed E-state index contributed by atoms with van der Waals surface area (Å²) in [6.45, 7) is 5.37. The van der Waals surface area contributed by atoms with Gasteiger partial charge >= 0.3 is 0 Å². The Morgan fingerprint density at radius 3 is 1.98 bits per heavy atom. The number of anilines is 1. The van der Waals surface area contributed by atoms with Crippen molar-refractivity contribution in [3.8, 4) is 22.8 Å². The summed E-state index contributed by atoms with van der Waals surface area (Å²) < 4.78 is 7.94. The van der Waals surface area contributed by atoms with Gasteiger partial charge in [0.25, 0.3) is 5.91 Å². The molecule has 2 aromatic heterocycles. The Kier molecular flexibility index (Phi) is 9.32. The van der Waals surface area contributed by atoms with Crippen LogP contribution in [0.25, 0.3) is 22.3 Å². The molecule has 2 N–H and O–H groups in total. The topological polar surface area (TPSA) is 112 Å². The number of likely N-dealkylation sites (N-methyl/N-ethyl adjacent to an activating group) is 2. The molecular weight excluding hydrogens is 604 g/mol. The fraction of sp³-hybridized carbons (Fsp3) is 0.500. The van der Waals surface area contributed by atoms with E-state index in [9.17, 15) is 4.79 Å². The molecule has 0 spiro atoms. The number of ether oxygens (including phenoxy) is 1. The van der Waals surface area contributed by atoms with E-state index in [2.05, 4.69) is 57.8 Å². The maximum atomic E-state index is 14.4. The predicted molar refractivity (Wildman–Crippen MR) is 188 cm³/mol. The zero-order valence-corrected chi connectivity index (χ0v) is 28.6. The van der Waals surface area contributed by atoms with Crippen LogP contribution < -0.4 is 10.5 Å². The van der Waals surface area contributed by atoms with Crippen molar-refractivity contribution < 1.29 is 9.53 Å². The number of rotatable bonds is 9. The molecule has 3 saturated heterocycles. The van der Waals surface area contributed by atoms with Crippen LogP contribution in [0.4, 0.5) is 5.82 Å². The normalized spacial score (nSPS) is 19.1. The van der Waals surface area contributed by atoms with E-state index in [1.165, 1.54) is 6.33 Å². The van der Waals surface area contributed by atoms with E-state index < -0.39 is 0 Å². The molecule has 0 unspecified atom stereocenters. The molecule has 7 rings (SSSR count). The van der Waals surface area contributed by atoms with Crippen LogP contribution in [-0.4, -0.2) is 136 Å². The number of hydrogen-bond donors (Lipinski definition) is 1. The molecule has 3 fully saturated rings. The number of piperidine rings is 2. The lowest BCUT2D eigenvalue weighted by molar-refractivity contribution is -0.153. The average Bonchev–Trinajstić information content (AvgIpc) is 3.46. The Morgan fingerprint density at radius 1 is 0.833 bits per heavy atom. The first-order chi connectivity index (χ1) is 23.3. The summed E-state index contributed by atoms with van der Waals surface area (Å²) in [5, 5.41) is 5.77. The monoisotopic (exact) mass is 652 g/mol. The molecule has 4 aromatic rings. The summed E-state index contributed by atoms with van der Waals surface area (Å²) in [7, 11) is 8.68. The lowest BCUT2D eigenvalue weighted by atomic mass is 9.99. The first kappa shape index (κ1) is 32.4. The maximum absolute atomic E-state index is 14.4. The molecule has 0 aliphatic carbocycles. The number of aromatic nitrogens is 4. The summed E-state index contributed by atoms with van der Waals surface area (Å²) in [6.07, 6.45) is 5.48. The van der Waals surface area contributed by atoms with Gasteiger partial charge in [0.1, 0.15) is 35.5 Å². The zero-order chi connectivity index (χ0) is 33.4. The minimum Gasteiger partial charge on any atom is -0.457 e. The molecule has 5 heterocycles. The van der Waals surface area contributed by atoms with Gasteiger partial charge in [-0.05, 0) is 116 Å². The van der Waals surface area contributed by atoms with Crippen LogP contribution in [0.1, 0.15) is 31.7 Å². The molecular formula is C36H48N10O2. The minimum absolute atomic E-state index is 0.0110. The standard InChI is InChI=1S/C36H48N10O2/c1-41-18-14-26(15-19-41)43(3)35(44(4)27-16-20-42(2)21-17-27)36(47)45-22-28(23-45)46-34-31(33(37)38-24-39-34)32(40-46)25-10-12-30(13-11-25)48-29-8-6-5-7-9-29/h5-13,24,26-28,35H,14-23H2,1-4H3,(H2,37,38,39). The minimum atomic E-state index is -0.299. The van der Waals surface area contributed by atoms with Gasteiger partial charge < -0.3 is 25.2 Å². The van der Waals surface area contributed by atoms with E-state index in [1.54, 1.807) is 0 Å². The molecule has 0 atom stereocenters. The van der Waals surface area contributed by atoms with Crippen LogP contribution in [0.3, 0.4) is 0 Å². The van der Waals surface area contributed by atoms with Gasteiger partial charge in [0, 0.05) is 30.7 Å². The third kappa shape index (κ3) is 6.49. The van der Waals surface area contributed by atoms with Gasteiger partial charge in [-0.1, -0.05) is 18.2 Å². The number of fused-ring (bicyclic) bond motifs is 1. The van der Waals surface area contributed by atoms with Crippen LogP contribution in [0.2, 0.25) is 0 Å². The largest absolute Gasteiger partial charge is 0.457 e. The maximum Gasteiger partial charge on any atom is 0.255 e. The highest BCUT2D eigenvalue weighted by molar-refractivity contribution is 5.98. The number of hydrogen-bond acceptors (Lipinski definition) is 10. The lowest BCUT2D eigenvalue weighted by Gasteiger charge is -2.49. The summed E-state index contributed by atoms with van der Waals surface area (Å²) in [6, 6.07) is 18.3. The van der Waals surface area contributed by atoms with E-state index in [0.717, 1.165) is 80.0 Å². The van der Waals surface area contributed by atoms with Crippen molar-refractivity contribution in [1.29, 1.82) is 0 Å². The Balaban J connectivity index is 1.10. The van der Waals surface area contributed by atoms with Gasteiger partial charge in [0.2, 0.25) is 0 Å². The highest BCUT2D eigenvalue weighted by atomic mass is 16.5. The second-order valence-corrected chi connectivity index (χ2v) is 13.9. The first-order valence-electron chi connectivity index (χ1n) is 17.2. The summed E-state index contributed by atoms with van der Waals surface area (Å²) in [5.74, 6) is 2.07. The van der Waals surface area contributed by atoms with E-state index in [1.807, 2.05) is 64.2 Å². The Labute approximate surface area is 283 Å². The molecule has 0 radical (unpaired) electrons. The molecule has 2 aromatic carbocycles. The fourth-order valence-electron chi connectivity index (χ4n) is 7.55. The van der Waals surface area contributed by atoms with E-state index in [4.69, 9.17) is 15.6 Å². The molecule has 0 saturated carbocycles. The van der Waals surface area contributed by atoms with Gasteiger partial charge in [0.15, 0.2) is 5.65 Å². The van der Waals surface area contributed by atoms with Crippen LogP contribution in [0.5, 0.6) is 11.5 Å². The smallest absolute Gasteiger partial charge is 0.255 e. The average molecular weight is 653 g/mol. The predicted octanol–water partition coefficient (Wildman–Crippen LogP) is 3.63. The van der Waals surface area contributed by atoms with Gasteiger partial charge in [-0.25, -0.2) is 14.6 Å². The molecule has 3 aliphatic heterocycles. The Morgan fingerprint density at radius 2 is 1.40 bits per heavy atom. The number of carbonyl (C=O) groups excluding carboxylic acids is 1. The van der Waals surface area contributed by atoms with Gasteiger partial charge in [-0.3, -0.25) is 14.6 Å². The molecule has 12 heteroatoms. The number of carbonyl (C=O) groups is 1. The highest BCUT2D eigenvalue weighted by Crippen LogP contribution is 2.36. The van der Waals surface area contributed by atoms with Crippen molar-refractivity contribution in [1.82, 2.24) is 44.2 Å². The number of nitrogen functional groups attached to an aromatic ring is 1. The van der Waals surface area contributed by atoms with Crippen molar-refractivity contribution in [3.63, 3.8) is 0 Å². The Bertz CT molecular complexity index is 1660. The lowest BCUT2D eigenvalue weighted by Crippen LogP contribution is -2.65. The SMILES string of the molecule is CN1CCC(N(C)C(C(=O)N2CC(n3nc(-c4ccc(Oc5ccccc5)cc4)c4c(N)ncnc43)C2)N(C)C2CCN(C)CC2)CC1. The van der Waals surface area contributed by atoms with Crippen molar-refractivity contribution in [3.05, 3.63) is 60.9 Å². The van der Waals surface area contributed by atoms with Gasteiger partial charge in [-0.15, -0.1) is 0 Å². The number of para-hydroxylation sites is 1. The van der Waals surface area contributed by atoms with Crippen molar-refractivity contribution >= 4 is 22.8 Å². The van der Waals surface area contributed by atoms with E-state index >= 15 is 0 Å². The zero-order valence-electron chi connectivity index (χ0n) is 28.6. The van der Waals surface area contributed by atoms with Crippen LogP contribution >= 0.6 is 0 Å². The van der Waals surface area contributed by atoms with Gasteiger partial charge in [0.05, 0.1) is 11.4 Å². The van der Waals surface area contributed by atoms with Gasteiger partial charge in [-0.2, -0.15) is 5.10 Å². The second kappa shape index (κ2) is 13.8. The van der Waals surface area contributed by atoms with Crippen molar-refractivity contribution in [2.75, 3.05) is 73.2 Å². The molecule has 12 nitrogen and oxygen atoms in total. The van der Waals surface area contributed by atoms with E-state index in [-0.39, 0.29) is 18.1 Å². The number of amides is 1. The molecule has 0 bridgehead atoms. The second-order valence-electron chi connectivity index (χ2n) is 13.9. The van der Waals surface area contributed by atoms with Crippen LogP contribution in [-0.2, 0) is 4.79 Å². The number of likely N-dealkylation sites (tertiary alicyclic amines) is 3. The van der Waals surface area contributed by atoms with Crippen molar-refractivity contribution in [2.24, 2.45) is 0 Å². The van der Waals surface area contributed by atoms with Crippen LogP contribution in [0.15, 0.2) is 60.9 Å². The number of benzene rings is 2. The Hall–Kier alpha value is -4.10. The summed E-state index contributed by atoms with van der Waals surface area (Å²) >= 11 is 0. The number of nitrogens with two attached hydrogens (primary N) is 1. The highest BCUT2D eigenvalue weighted by Gasteiger charge is 2.43. The molecule has 48 heavy (non-hydrogen) atoms.